The first kappa shape index (κ1) is 16.3. The van der Waals surface area contributed by atoms with Crippen LogP contribution in [0.25, 0.3) is 0 Å². The van der Waals surface area contributed by atoms with Gasteiger partial charge in [0.2, 0.25) is 5.91 Å². The predicted octanol–water partition coefficient (Wildman–Crippen LogP) is 3.49. The minimum Gasteiger partial charge on any atom is -0.326 e. The first-order valence-electron chi connectivity index (χ1n) is 6.59. The molecule has 2 rings (SSSR count). The van der Waals surface area contributed by atoms with Crippen LogP contribution in [0.1, 0.15) is 13.3 Å². The standard InChI is InChI=1S/C15H15ClN2O3S/c1-2-15(19)17-12-5-7-13(8-6-12)18-22(20,21)14-9-3-11(16)4-10-14/h3-10,18H,2H2,1H3,(H,17,19). The van der Waals surface area contributed by atoms with Gasteiger partial charge in [0, 0.05) is 22.8 Å². The molecule has 5 nitrogen and oxygen atoms in total. The van der Waals surface area contributed by atoms with Gasteiger partial charge in [-0.15, -0.1) is 0 Å². The summed E-state index contributed by atoms with van der Waals surface area (Å²) < 4.78 is 26.9. The van der Waals surface area contributed by atoms with Gasteiger partial charge < -0.3 is 5.32 Å². The molecule has 0 bridgehead atoms. The monoisotopic (exact) mass is 338 g/mol. The summed E-state index contributed by atoms with van der Waals surface area (Å²) in [5.41, 5.74) is 1.02. The largest absolute Gasteiger partial charge is 0.326 e. The highest BCUT2D eigenvalue weighted by Crippen LogP contribution is 2.20. The van der Waals surface area contributed by atoms with Crippen molar-refractivity contribution in [1.82, 2.24) is 0 Å². The maximum Gasteiger partial charge on any atom is 0.261 e. The average molecular weight is 339 g/mol. The maximum atomic E-state index is 12.2. The summed E-state index contributed by atoms with van der Waals surface area (Å²) in [5, 5.41) is 3.16. The van der Waals surface area contributed by atoms with E-state index in [4.69, 9.17) is 11.6 Å². The van der Waals surface area contributed by atoms with Gasteiger partial charge in [-0.1, -0.05) is 18.5 Å². The SMILES string of the molecule is CCC(=O)Nc1ccc(NS(=O)(=O)c2ccc(Cl)cc2)cc1. The lowest BCUT2D eigenvalue weighted by Crippen LogP contribution is -2.13. The quantitative estimate of drug-likeness (QED) is 0.876. The molecule has 0 aliphatic carbocycles. The molecule has 0 aliphatic heterocycles. The van der Waals surface area contributed by atoms with Gasteiger partial charge in [-0.05, 0) is 48.5 Å². The molecule has 0 heterocycles. The highest BCUT2D eigenvalue weighted by Gasteiger charge is 2.13. The summed E-state index contributed by atoms with van der Waals surface area (Å²) in [6.07, 6.45) is 0.380. The van der Waals surface area contributed by atoms with Crippen LogP contribution in [0.4, 0.5) is 11.4 Å². The number of carbonyl (C=O) groups excluding carboxylic acids is 1. The van der Waals surface area contributed by atoms with Crippen molar-refractivity contribution in [1.29, 1.82) is 0 Å². The Morgan fingerprint density at radius 2 is 1.55 bits per heavy atom. The zero-order valence-electron chi connectivity index (χ0n) is 11.8. The maximum absolute atomic E-state index is 12.2. The van der Waals surface area contributed by atoms with Crippen LogP contribution < -0.4 is 10.0 Å². The zero-order chi connectivity index (χ0) is 16.2. The van der Waals surface area contributed by atoms with Crippen molar-refractivity contribution in [3.05, 3.63) is 53.6 Å². The second kappa shape index (κ2) is 6.81. The third-order valence-electron chi connectivity index (χ3n) is 2.87. The van der Waals surface area contributed by atoms with Crippen molar-refractivity contribution < 1.29 is 13.2 Å². The van der Waals surface area contributed by atoms with Crippen LogP contribution in [-0.2, 0) is 14.8 Å². The summed E-state index contributed by atoms with van der Waals surface area (Å²) in [7, 11) is -3.67. The number of rotatable bonds is 5. The lowest BCUT2D eigenvalue weighted by Gasteiger charge is -2.09. The van der Waals surface area contributed by atoms with Crippen LogP contribution in [0.2, 0.25) is 5.02 Å². The number of hydrogen-bond acceptors (Lipinski definition) is 3. The molecule has 0 saturated carbocycles. The Kier molecular flexibility index (Phi) is 5.05. The zero-order valence-corrected chi connectivity index (χ0v) is 13.4. The van der Waals surface area contributed by atoms with E-state index in [1.807, 2.05) is 0 Å². The third kappa shape index (κ3) is 4.22. The Hall–Kier alpha value is -2.05. The van der Waals surface area contributed by atoms with Crippen LogP contribution in [0.15, 0.2) is 53.4 Å². The van der Waals surface area contributed by atoms with Crippen LogP contribution in [-0.4, -0.2) is 14.3 Å². The van der Waals surface area contributed by atoms with Crippen molar-refractivity contribution in [3.63, 3.8) is 0 Å². The summed E-state index contributed by atoms with van der Waals surface area (Å²) in [6, 6.07) is 12.3. The molecule has 2 aromatic rings. The molecule has 0 saturated heterocycles. The first-order valence-corrected chi connectivity index (χ1v) is 8.45. The summed E-state index contributed by atoms with van der Waals surface area (Å²) >= 11 is 5.74. The Morgan fingerprint density at radius 3 is 2.09 bits per heavy atom. The fourth-order valence-electron chi connectivity index (χ4n) is 1.70. The molecular weight excluding hydrogens is 324 g/mol. The second-order valence-electron chi connectivity index (χ2n) is 4.54. The van der Waals surface area contributed by atoms with E-state index in [1.54, 1.807) is 31.2 Å². The number of anilines is 2. The number of amides is 1. The number of halogens is 1. The average Bonchev–Trinajstić information content (AvgIpc) is 2.49. The molecular formula is C15H15ClN2O3S. The summed E-state index contributed by atoms with van der Waals surface area (Å²) in [5.74, 6) is -0.102. The Morgan fingerprint density at radius 1 is 1.00 bits per heavy atom. The smallest absolute Gasteiger partial charge is 0.261 e. The van der Waals surface area contributed by atoms with Crippen molar-refractivity contribution >= 4 is 38.9 Å². The van der Waals surface area contributed by atoms with Gasteiger partial charge in [-0.2, -0.15) is 0 Å². The molecule has 0 fully saturated rings. The van der Waals surface area contributed by atoms with Crippen molar-refractivity contribution in [3.8, 4) is 0 Å². The van der Waals surface area contributed by atoms with Gasteiger partial charge in [-0.3, -0.25) is 9.52 Å². The molecule has 116 valence electrons. The highest BCUT2D eigenvalue weighted by atomic mass is 35.5. The van der Waals surface area contributed by atoms with Gasteiger partial charge in [-0.25, -0.2) is 8.42 Å². The molecule has 2 N–H and O–H groups in total. The van der Waals surface area contributed by atoms with E-state index in [1.165, 1.54) is 24.3 Å². The summed E-state index contributed by atoms with van der Waals surface area (Å²) in [6.45, 7) is 1.75. The lowest BCUT2D eigenvalue weighted by atomic mass is 10.3. The molecule has 2 aromatic carbocycles. The molecule has 7 heteroatoms. The van der Waals surface area contributed by atoms with Gasteiger partial charge in [0.15, 0.2) is 0 Å². The Balaban J connectivity index is 2.13. The van der Waals surface area contributed by atoms with Crippen molar-refractivity contribution in [2.45, 2.75) is 18.2 Å². The van der Waals surface area contributed by atoms with Gasteiger partial charge >= 0.3 is 0 Å². The fraction of sp³-hybridized carbons (Fsp3) is 0.133. The second-order valence-corrected chi connectivity index (χ2v) is 6.66. The van der Waals surface area contributed by atoms with E-state index in [-0.39, 0.29) is 10.8 Å². The topological polar surface area (TPSA) is 75.3 Å². The molecule has 22 heavy (non-hydrogen) atoms. The molecule has 0 radical (unpaired) electrons. The van der Waals surface area contributed by atoms with Gasteiger partial charge in [0.25, 0.3) is 10.0 Å². The Bertz CT molecular complexity index is 756. The van der Waals surface area contributed by atoms with Crippen LogP contribution in [0.3, 0.4) is 0 Å². The van der Waals surface area contributed by atoms with E-state index in [9.17, 15) is 13.2 Å². The Labute approximate surface area is 134 Å². The molecule has 0 aromatic heterocycles. The normalized spacial score (nSPS) is 11.0. The number of nitrogens with one attached hydrogen (secondary N) is 2. The minimum absolute atomic E-state index is 0.102. The van der Waals surface area contributed by atoms with Crippen molar-refractivity contribution in [2.24, 2.45) is 0 Å². The van der Waals surface area contributed by atoms with E-state index in [2.05, 4.69) is 10.0 Å². The van der Waals surface area contributed by atoms with Crippen molar-refractivity contribution in [2.75, 3.05) is 10.0 Å². The van der Waals surface area contributed by atoms with E-state index in [0.29, 0.717) is 22.8 Å². The number of benzene rings is 2. The first-order chi connectivity index (χ1) is 10.4. The van der Waals surface area contributed by atoms with Gasteiger partial charge in [0.05, 0.1) is 4.90 Å². The van der Waals surface area contributed by atoms with E-state index in [0.717, 1.165) is 0 Å². The third-order valence-corrected chi connectivity index (χ3v) is 4.52. The van der Waals surface area contributed by atoms with Gasteiger partial charge in [0.1, 0.15) is 0 Å². The lowest BCUT2D eigenvalue weighted by molar-refractivity contribution is -0.115. The molecule has 0 unspecified atom stereocenters. The molecule has 1 amide bonds. The predicted molar refractivity (Wildman–Crippen MR) is 87.6 cm³/mol. The fourth-order valence-corrected chi connectivity index (χ4v) is 2.88. The highest BCUT2D eigenvalue weighted by molar-refractivity contribution is 7.92. The number of carbonyl (C=O) groups is 1. The number of sulfonamides is 1. The van der Waals surface area contributed by atoms with Crippen LogP contribution >= 0.6 is 11.6 Å². The minimum atomic E-state index is -3.67. The van der Waals surface area contributed by atoms with E-state index < -0.39 is 10.0 Å². The number of hydrogen-bond donors (Lipinski definition) is 2. The molecule has 0 spiro atoms. The molecule has 0 aliphatic rings. The van der Waals surface area contributed by atoms with Crippen LogP contribution in [0, 0.1) is 0 Å². The van der Waals surface area contributed by atoms with Crippen LogP contribution in [0.5, 0.6) is 0 Å². The summed E-state index contributed by atoms with van der Waals surface area (Å²) in [4.78, 5) is 11.4. The molecule has 0 atom stereocenters. The van der Waals surface area contributed by atoms with E-state index >= 15 is 0 Å².